The highest BCUT2D eigenvalue weighted by atomic mass is 16.5. The molecule has 0 saturated carbocycles. The number of piperazine rings is 1. The lowest BCUT2D eigenvalue weighted by molar-refractivity contribution is -0.132. The largest absolute Gasteiger partial charge is 0.497 e. The zero-order chi connectivity index (χ0) is 16.7. The molecule has 126 valence electrons. The molecular weight excluding hydrogens is 294 g/mol. The summed E-state index contributed by atoms with van der Waals surface area (Å²) in [4.78, 5) is 27.9. The van der Waals surface area contributed by atoms with Crippen molar-refractivity contribution in [2.45, 2.75) is 13.3 Å². The molecule has 2 rings (SSSR count). The average molecular weight is 319 g/mol. The summed E-state index contributed by atoms with van der Waals surface area (Å²) in [5.41, 5.74) is 0.958. The number of likely N-dealkylation sites (N-methyl/N-ethyl adjacent to an activating group) is 1. The predicted molar refractivity (Wildman–Crippen MR) is 88.4 cm³/mol. The zero-order valence-electron chi connectivity index (χ0n) is 13.9. The summed E-state index contributed by atoms with van der Waals surface area (Å²) in [6.07, 6.45) is 0.382. The van der Waals surface area contributed by atoms with E-state index in [4.69, 9.17) is 4.74 Å². The van der Waals surface area contributed by atoms with E-state index < -0.39 is 0 Å². The van der Waals surface area contributed by atoms with Gasteiger partial charge < -0.3 is 15.0 Å². The summed E-state index contributed by atoms with van der Waals surface area (Å²) >= 11 is 0. The van der Waals surface area contributed by atoms with E-state index >= 15 is 0 Å². The Kier molecular flexibility index (Phi) is 6.40. The summed E-state index contributed by atoms with van der Waals surface area (Å²) in [6, 6.07) is 7.59. The first-order valence-electron chi connectivity index (χ1n) is 8.02. The van der Waals surface area contributed by atoms with E-state index in [1.807, 2.05) is 36.1 Å². The first kappa shape index (κ1) is 17.3. The van der Waals surface area contributed by atoms with Gasteiger partial charge in [-0.05, 0) is 24.6 Å². The van der Waals surface area contributed by atoms with E-state index in [-0.39, 0.29) is 11.8 Å². The molecule has 1 fully saturated rings. The standard InChI is InChI=1S/C17H25N3O3/c1-3-18-16(21)13-19-7-9-20(10-8-19)17(22)12-14-5-4-6-15(11-14)23-2/h4-6,11H,3,7-10,12-13H2,1-2H3,(H,18,21). The number of carbonyl (C=O) groups excluding carboxylic acids is 2. The highest BCUT2D eigenvalue weighted by molar-refractivity contribution is 5.79. The second kappa shape index (κ2) is 8.53. The van der Waals surface area contributed by atoms with Gasteiger partial charge >= 0.3 is 0 Å². The maximum atomic E-state index is 12.4. The van der Waals surface area contributed by atoms with Crippen molar-refractivity contribution in [3.05, 3.63) is 29.8 Å². The Balaban J connectivity index is 1.80. The van der Waals surface area contributed by atoms with Gasteiger partial charge in [-0.2, -0.15) is 0 Å². The topological polar surface area (TPSA) is 61.9 Å². The zero-order valence-corrected chi connectivity index (χ0v) is 13.9. The average Bonchev–Trinajstić information content (AvgIpc) is 2.56. The molecule has 0 aromatic heterocycles. The van der Waals surface area contributed by atoms with E-state index in [0.717, 1.165) is 24.4 Å². The first-order valence-corrected chi connectivity index (χ1v) is 8.02. The summed E-state index contributed by atoms with van der Waals surface area (Å²) < 4.78 is 5.18. The second-order valence-electron chi connectivity index (χ2n) is 5.64. The molecule has 0 radical (unpaired) electrons. The van der Waals surface area contributed by atoms with Crippen molar-refractivity contribution in [2.24, 2.45) is 0 Å². The fourth-order valence-corrected chi connectivity index (χ4v) is 2.68. The van der Waals surface area contributed by atoms with Crippen molar-refractivity contribution in [1.29, 1.82) is 0 Å². The first-order chi connectivity index (χ1) is 11.1. The number of nitrogens with zero attached hydrogens (tertiary/aromatic N) is 2. The van der Waals surface area contributed by atoms with Crippen LogP contribution in [0.5, 0.6) is 5.75 Å². The lowest BCUT2D eigenvalue weighted by Crippen LogP contribution is -2.51. The van der Waals surface area contributed by atoms with Crippen LogP contribution in [0, 0.1) is 0 Å². The summed E-state index contributed by atoms with van der Waals surface area (Å²) in [7, 11) is 1.62. The van der Waals surface area contributed by atoms with Gasteiger partial charge in [0.25, 0.3) is 0 Å². The number of carbonyl (C=O) groups is 2. The number of methoxy groups -OCH3 is 1. The van der Waals surface area contributed by atoms with E-state index in [9.17, 15) is 9.59 Å². The molecule has 0 spiro atoms. The molecule has 2 amide bonds. The smallest absolute Gasteiger partial charge is 0.234 e. The predicted octanol–water partition coefficient (Wildman–Crippen LogP) is 0.518. The second-order valence-corrected chi connectivity index (χ2v) is 5.64. The van der Waals surface area contributed by atoms with Gasteiger partial charge in [-0.3, -0.25) is 14.5 Å². The number of amides is 2. The molecule has 0 unspecified atom stereocenters. The molecule has 23 heavy (non-hydrogen) atoms. The van der Waals surface area contributed by atoms with Gasteiger partial charge in [0.05, 0.1) is 20.1 Å². The molecule has 1 aliphatic heterocycles. The van der Waals surface area contributed by atoms with Crippen LogP contribution in [0.3, 0.4) is 0 Å². The molecule has 6 nitrogen and oxygen atoms in total. The number of hydrogen-bond acceptors (Lipinski definition) is 4. The third-order valence-corrected chi connectivity index (χ3v) is 3.96. The van der Waals surface area contributed by atoms with E-state index in [0.29, 0.717) is 32.6 Å². The van der Waals surface area contributed by atoms with Gasteiger partial charge in [0.15, 0.2) is 0 Å². The van der Waals surface area contributed by atoms with E-state index in [1.165, 1.54) is 0 Å². The van der Waals surface area contributed by atoms with Crippen LogP contribution in [0.2, 0.25) is 0 Å². The Morgan fingerprint density at radius 2 is 1.96 bits per heavy atom. The van der Waals surface area contributed by atoms with Crippen LogP contribution in [0.15, 0.2) is 24.3 Å². The van der Waals surface area contributed by atoms with Gasteiger partial charge in [0.1, 0.15) is 5.75 Å². The van der Waals surface area contributed by atoms with Gasteiger partial charge in [-0.1, -0.05) is 12.1 Å². The maximum Gasteiger partial charge on any atom is 0.234 e. The molecule has 6 heteroatoms. The normalized spacial score (nSPS) is 15.3. The summed E-state index contributed by atoms with van der Waals surface area (Å²) in [5.74, 6) is 0.932. The Morgan fingerprint density at radius 3 is 2.61 bits per heavy atom. The van der Waals surface area contributed by atoms with Crippen LogP contribution in [-0.2, 0) is 16.0 Å². The van der Waals surface area contributed by atoms with E-state index in [2.05, 4.69) is 10.2 Å². The van der Waals surface area contributed by atoms with Crippen molar-refractivity contribution in [3.63, 3.8) is 0 Å². The molecule has 0 aliphatic carbocycles. The highest BCUT2D eigenvalue weighted by Gasteiger charge is 2.22. The van der Waals surface area contributed by atoms with Crippen molar-refractivity contribution < 1.29 is 14.3 Å². The fourth-order valence-electron chi connectivity index (χ4n) is 2.68. The minimum Gasteiger partial charge on any atom is -0.497 e. The maximum absolute atomic E-state index is 12.4. The Morgan fingerprint density at radius 1 is 1.22 bits per heavy atom. The number of benzene rings is 1. The quantitative estimate of drug-likeness (QED) is 0.830. The van der Waals surface area contributed by atoms with Crippen LogP contribution < -0.4 is 10.1 Å². The van der Waals surface area contributed by atoms with Gasteiger partial charge in [-0.25, -0.2) is 0 Å². The molecule has 1 N–H and O–H groups in total. The van der Waals surface area contributed by atoms with E-state index in [1.54, 1.807) is 7.11 Å². The van der Waals surface area contributed by atoms with Crippen LogP contribution in [-0.4, -0.2) is 68.0 Å². The summed E-state index contributed by atoms with van der Waals surface area (Å²) in [6.45, 7) is 5.78. The lowest BCUT2D eigenvalue weighted by Gasteiger charge is -2.34. The minimum absolute atomic E-state index is 0.0451. The third kappa shape index (κ3) is 5.25. The molecule has 1 heterocycles. The monoisotopic (exact) mass is 319 g/mol. The highest BCUT2D eigenvalue weighted by Crippen LogP contribution is 2.14. The fraction of sp³-hybridized carbons (Fsp3) is 0.529. The van der Waals surface area contributed by atoms with Crippen LogP contribution in [0.1, 0.15) is 12.5 Å². The van der Waals surface area contributed by atoms with Gasteiger partial charge in [0.2, 0.25) is 11.8 Å². The molecule has 1 aromatic carbocycles. The Bertz CT molecular complexity index is 540. The minimum atomic E-state index is 0.0451. The Hall–Kier alpha value is -2.08. The molecule has 1 aromatic rings. The van der Waals surface area contributed by atoms with Crippen molar-refractivity contribution in [3.8, 4) is 5.75 Å². The van der Waals surface area contributed by atoms with Crippen LogP contribution in [0.25, 0.3) is 0 Å². The van der Waals surface area contributed by atoms with Crippen molar-refractivity contribution in [1.82, 2.24) is 15.1 Å². The van der Waals surface area contributed by atoms with Crippen molar-refractivity contribution in [2.75, 3.05) is 46.4 Å². The molecule has 0 atom stereocenters. The molecule has 0 bridgehead atoms. The number of hydrogen-bond donors (Lipinski definition) is 1. The van der Waals surface area contributed by atoms with Crippen LogP contribution in [0.4, 0.5) is 0 Å². The molecular formula is C17H25N3O3. The SMILES string of the molecule is CCNC(=O)CN1CCN(C(=O)Cc2cccc(OC)c2)CC1. The Labute approximate surface area is 137 Å². The van der Waals surface area contributed by atoms with Crippen LogP contribution >= 0.6 is 0 Å². The number of ether oxygens (including phenoxy) is 1. The molecule has 1 aliphatic rings. The van der Waals surface area contributed by atoms with Crippen molar-refractivity contribution >= 4 is 11.8 Å². The third-order valence-electron chi connectivity index (χ3n) is 3.96. The molecule has 1 saturated heterocycles. The number of rotatable bonds is 6. The summed E-state index contributed by atoms with van der Waals surface area (Å²) in [5, 5.41) is 2.80. The lowest BCUT2D eigenvalue weighted by atomic mass is 10.1. The number of nitrogens with one attached hydrogen (secondary N) is 1. The van der Waals surface area contributed by atoms with Gasteiger partial charge in [-0.15, -0.1) is 0 Å². The van der Waals surface area contributed by atoms with Gasteiger partial charge in [0, 0.05) is 32.7 Å².